The van der Waals surface area contributed by atoms with Crippen LogP contribution in [0.3, 0.4) is 0 Å². The van der Waals surface area contributed by atoms with Crippen LogP contribution in [0.25, 0.3) is 0 Å². The van der Waals surface area contributed by atoms with Crippen LogP contribution in [0.1, 0.15) is 33.3 Å². The molecule has 0 aliphatic rings. The second-order valence-electron chi connectivity index (χ2n) is 10.4. The fourth-order valence-corrected chi connectivity index (χ4v) is 5.76. The summed E-state index contributed by atoms with van der Waals surface area (Å²) in [6.45, 7) is 6.57. The zero-order chi connectivity index (χ0) is 30.4. The van der Waals surface area contributed by atoms with E-state index in [1.165, 1.54) is 43.4 Å². The maximum Gasteiger partial charge on any atom is 0.264 e. The van der Waals surface area contributed by atoms with Gasteiger partial charge in [0, 0.05) is 23.2 Å². The van der Waals surface area contributed by atoms with Gasteiger partial charge in [0.1, 0.15) is 12.6 Å². The number of halogens is 1. The maximum atomic E-state index is 14.0. The molecule has 3 aromatic carbocycles. The molecule has 0 radical (unpaired) electrons. The summed E-state index contributed by atoms with van der Waals surface area (Å²) in [6, 6.07) is 18.4. The second kappa shape index (κ2) is 13.3. The van der Waals surface area contributed by atoms with E-state index in [-0.39, 0.29) is 23.0 Å². The van der Waals surface area contributed by atoms with E-state index < -0.39 is 34.1 Å². The summed E-state index contributed by atoms with van der Waals surface area (Å²) in [6.07, 6.45) is 0. The van der Waals surface area contributed by atoms with E-state index in [4.69, 9.17) is 21.1 Å². The lowest BCUT2D eigenvalue weighted by molar-refractivity contribution is -0.140. The molecule has 0 bridgehead atoms. The normalized spacial score (nSPS) is 12.3. The average molecular weight is 602 g/mol. The number of carbonyl (C=O) groups is 2. The number of carbonyl (C=O) groups excluding carboxylic acids is 2. The number of benzene rings is 3. The van der Waals surface area contributed by atoms with Crippen molar-refractivity contribution in [1.29, 1.82) is 0 Å². The third-order valence-electron chi connectivity index (χ3n) is 6.17. The summed E-state index contributed by atoms with van der Waals surface area (Å²) < 4.78 is 39.6. The zero-order valence-corrected chi connectivity index (χ0v) is 25.6. The monoisotopic (exact) mass is 601 g/mol. The highest BCUT2D eigenvalue weighted by Gasteiger charge is 2.33. The molecule has 0 heterocycles. The van der Waals surface area contributed by atoms with Crippen LogP contribution in [0.5, 0.6) is 11.5 Å². The van der Waals surface area contributed by atoms with E-state index in [1.807, 2.05) is 20.8 Å². The Kier molecular flexibility index (Phi) is 10.3. The van der Waals surface area contributed by atoms with Crippen molar-refractivity contribution in [3.63, 3.8) is 0 Å². The van der Waals surface area contributed by atoms with Crippen LogP contribution in [-0.2, 0) is 26.2 Å². The van der Waals surface area contributed by atoms with Crippen LogP contribution in [0.2, 0.25) is 5.02 Å². The van der Waals surface area contributed by atoms with E-state index in [0.717, 1.165) is 4.31 Å². The molecule has 0 spiro atoms. The van der Waals surface area contributed by atoms with Gasteiger partial charge in [0.25, 0.3) is 10.0 Å². The summed E-state index contributed by atoms with van der Waals surface area (Å²) in [5.74, 6) is -0.276. The van der Waals surface area contributed by atoms with Crippen molar-refractivity contribution < 1.29 is 27.5 Å². The molecule has 0 aliphatic heterocycles. The minimum atomic E-state index is -4.21. The predicted molar refractivity (Wildman–Crippen MR) is 160 cm³/mol. The standard InChI is InChI=1S/C30H36ClN3O6S/c1-21(29(36)32-30(2,3)4)33(19-22-11-10-12-23(31)17-22)28(35)20-34(41(37,38)25-13-8-7-9-14-25)24-15-16-26(39-5)27(18-24)40-6/h7-18,21H,19-20H2,1-6H3,(H,32,36)/t21-/m0/s1. The molecule has 9 nitrogen and oxygen atoms in total. The number of nitrogens with zero attached hydrogens (tertiary/aromatic N) is 2. The van der Waals surface area contributed by atoms with Crippen molar-refractivity contribution in [1.82, 2.24) is 10.2 Å². The SMILES string of the molecule is COc1ccc(N(CC(=O)N(Cc2cccc(Cl)c2)[C@@H](C)C(=O)NC(C)(C)C)S(=O)(=O)c2ccccc2)cc1OC. The van der Waals surface area contributed by atoms with Crippen LogP contribution in [0.4, 0.5) is 5.69 Å². The van der Waals surface area contributed by atoms with Crippen molar-refractivity contribution in [2.24, 2.45) is 0 Å². The van der Waals surface area contributed by atoms with Crippen molar-refractivity contribution in [3.05, 3.63) is 83.4 Å². The lowest BCUT2D eigenvalue weighted by Crippen LogP contribution is -2.54. The van der Waals surface area contributed by atoms with Crippen LogP contribution in [-0.4, -0.2) is 57.5 Å². The predicted octanol–water partition coefficient (Wildman–Crippen LogP) is 4.88. The Labute approximate surface area is 247 Å². The first-order valence-electron chi connectivity index (χ1n) is 12.9. The molecule has 220 valence electrons. The Balaban J connectivity index is 2.09. The molecule has 2 amide bonds. The van der Waals surface area contributed by atoms with E-state index in [1.54, 1.807) is 55.5 Å². The molecule has 1 N–H and O–H groups in total. The number of ether oxygens (including phenoxy) is 2. The first-order chi connectivity index (χ1) is 19.3. The first kappa shape index (κ1) is 31.8. The van der Waals surface area contributed by atoms with Crippen molar-refractivity contribution in [3.8, 4) is 11.5 Å². The van der Waals surface area contributed by atoms with E-state index in [2.05, 4.69) is 5.32 Å². The Morgan fingerprint density at radius 3 is 2.17 bits per heavy atom. The third kappa shape index (κ3) is 8.14. The topological polar surface area (TPSA) is 105 Å². The Bertz CT molecular complexity index is 1480. The van der Waals surface area contributed by atoms with Crippen LogP contribution >= 0.6 is 11.6 Å². The smallest absolute Gasteiger partial charge is 0.264 e. The minimum Gasteiger partial charge on any atom is -0.493 e. The Morgan fingerprint density at radius 1 is 0.927 bits per heavy atom. The molecule has 0 saturated carbocycles. The van der Waals surface area contributed by atoms with Gasteiger partial charge in [-0.3, -0.25) is 13.9 Å². The Hall–Kier alpha value is -3.76. The fraction of sp³-hybridized carbons (Fsp3) is 0.333. The lowest BCUT2D eigenvalue weighted by atomic mass is 10.1. The van der Waals surface area contributed by atoms with Crippen molar-refractivity contribution in [2.75, 3.05) is 25.1 Å². The molecule has 3 aromatic rings. The summed E-state index contributed by atoms with van der Waals surface area (Å²) in [5, 5.41) is 3.37. The first-order valence-corrected chi connectivity index (χ1v) is 14.7. The largest absolute Gasteiger partial charge is 0.493 e. The van der Waals surface area contributed by atoms with Gasteiger partial charge in [0.2, 0.25) is 11.8 Å². The summed E-state index contributed by atoms with van der Waals surface area (Å²) in [7, 11) is -1.31. The average Bonchev–Trinajstić information content (AvgIpc) is 2.93. The summed E-state index contributed by atoms with van der Waals surface area (Å²) in [5.41, 5.74) is 0.331. The van der Waals surface area contributed by atoms with Gasteiger partial charge < -0.3 is 19.7 Å². The number of sulfonamides is 1. The van der Waals surface area contributed by atoms with Gasteiger partial charge in [0.05, 0.1) is 24.8 Å². The van der Waals surface area contributed by atoms with E-state index in [9.17, 15) is 18.0 Å². The molecule has 0 aliphatic carbocycles. The highest BCUT2D eigenvalue weighted by molar-refractivity contribution is 7.92. The molecular weight excluding hydrogens is 566 g/mol. The molecule has 0 saturated heterocycles. The van der Waals surface area contributed by atoms with Crippen molar-refractivity contribution >= 4 is 39.1 Å². The summed E-state index contributed by atoms with van der Waals surface area (Å²) >= 11 is 6.19. The van der Waals surface area contributed by atoms with Gasteiger partial charge in [-0.15, -0.1) is 0 Å². The van der Waals surface area contributed by atoms with Gasteiger partial charge in [0.15, 0.2) is 11.5 Å². The quantitative estimate of drug-likeness (QED) is 0.336. The summed E-state index contributed by atoms with van der Waals surface area (Å²) in [4.78, 5) is 28.6. The molecule has 0 fully saturated rings. The molecule has 1 atom stereocenters. The molecule has 41 heavy (non-hydrogen) atoms. The van der Waals surface area contributed by atoms with Gasteiger partial charge in [-0.2, -0.15) is 0 Å². The highest BCUT2D eigenvalue weighted by Crippen LogP contribution is 2.34. The van der Waals surface area contributed by atoms with E-state index >= 15 is 0 Å². The second-order valence-corrected chi connectivity index (χ2v) is 12.7. The number of rotatable bonds is 11. The molecular formula is C30H36ClN3O6S. The van der Waals surface area contributed by atoms with Gasteiger partial charge in [-0.1, -0.05) is 41.9 Å². The molecule has 11 heteroatoms. The number of nitrogens with one attached hydrogen (secondary N) is 1. The third-order valence-corrected chi connectivity index (χ3v) is 8.20. The molecule has 3 rings (SSSR count). The number of methoxy groups -OCH3 is 2. The van der Waals surface area contributed by atoms with E-state index in [0.29, 0.717) is 22.1 Å². The lowest BCUT2D eigenvalue weighted by Gasteiger charge is -2.33. The Morgan fingerprint density at radius 2 is 1.59 bits per heavy atom. The molecule has 0 aromatic heterocycles. The minimum absolute atomic E-state index is 0.00231. The number of anilines is 1. The van der Waals surface area contributed by atoms with Gasteiger partial charge in [-0.25, -0.2) is 8.42 Å². The van der Waals surface area contributed by atoms with Gasteiger partial charge >= 0.3 is 0 Å². The van der Waals surface area contributed by atoms with Crippen LogP contribution in [0, 0.1) is 0 Å². The molecule has 0 unspecified atom stereocenters. The van der Waals surface area contributed by atoms with Crippen LogP contribution in [0.15, 0.2) is 77.7 Å². The number of hydrogen-bond donors (Lipinski definition) is 1. The van der Waals surface area contributed by atoms with Crippen LogP contribution < -0.4 is 19.1 Å². The zero-order valence-electron chi connectivity index (χ0n) is 24.0. The van der Waals surface area contributed by atoms with Crippen molar-refractivity contribution in [2.45, 2.75) is 50.7 Å². The fourth-order valence-electron chi connectivity index (χ4n) is 4.12. The van der Waals surface area contributed by atoms with Gasteiger partial charge in [-0.05, 0) is 69.7 Å². The number of hydrogen-bond acceptors (Lipinski definition) is 6. The number of amides is 2. The maximum absolute atomic E-state index is 14.0. The highest BCUT2D eigenvalue weighted by atomic mass is 35.5.